The fourth-order valence-corrected chi connectivity index (χ4v) is 2.22. The standard InChI is InChI=1S/C15H24N4O2/c1-12(2)11-21-15(20)19-8-4-7-18(9-10-19)14-6-5-13(3)16-17-14/h5-6,12H,4,7-11H2,1-3H3. The van der Waals surface area contributed by atoms with Crippen LogP contribution in [0.1, 0.15) is 26.0 Å². The average Bonchev–Trinajstić information content (AvgIpc) is 2.71. The second kappa shape index (κ2) is 7.24. The summed E-state index contributed by atoms with van der Waals surface area (Å²) in [5, 5.41) is 8.31. The first-order valence-corrected chi connectivity index (χ1v) is 7.53. The number of hydrogen-bond donors (Lipinski definition) is 0. The third-order valence-electron chi connectivity index (χ3n) is 3.40. The molecule has 0 bridgehead atoms. The molecular weight excluding hydrogens is 268 g/mol. The van der Waals surface area contributed by atoms with E-state index in [2.05, 4.69) is 15.1 Å². The second-order valence-corrected chi connectivity index (χ2v) is 5.83. The molecule has 1 aliphatic rings. The summed E-state index contributed by atoms with van der Waals surface area (Å²) in [5.74, 6) is 1.23. The highest BCUT2D eigenvalue weighted by atomic mass is 16.6. The zero-order valence-corrected chi connectivity index (χ0v) is 13.1. The molecule has 6 nitrogen and oxygen atoms in total. The second-order valence-electron chi connectivity index (χ2n) is 5.83. The molecule has 1 aromatic heterocycles. The molecule has 6 heteroatoms. The van der Waals surface area contributed by atoms with Gasteiger partial charge in [0.25, 0.3) is 0 Å². The van der Waals surface area contributed by atoms with Crippen molar-refractivity contribution in [3.05, 3.63) is 17.8 Å². The third-order valence-corrected chi connectivity index (χ3v) is 3.40. The molecule has 0 aromatic carbocycles. The van der Waals surface area contributed by atoms with Gasteiger partial charge in [-0.15, -0.1) is 5.10 Å². The smallest absolute Gasteiger partial charge is 0.409 e. The highest BCUT2D eigenvalue weighted by molar-refractivity contribution is 5.67. The van der Waals surface area contributed by atoms with E-state index in [1.807, 2.05) is 32.9 Å². The van der Waals surface area contributed by atoms with Gasteiger partial charge in [0, 0.05) is 26.2 Å². The van der Waals surface area contributed by atoms with Crippen molar-refractivity contribution in [1.82, 2.24) is 15.1 Å². The van der Waals surface area contributed by atoms with Crippen LogP contribution >= 0.6 is 0 Å². The Balaban J connectivity index is 1.89. The molecule has 0 aliphatic carbocycles. The Morgan fingerprint density at radius 1 is 1.24 bits per heavy atom. The Morgan fingerprint density at radius 2 is 2.05 bits per heavy atom. The Labute approximate surface area is 126 Å². The van der Waals surface area contributed by atoms with E-state index in [9.17, 15) is 4.79 Å². The third kappa shape index (κ3) is 4.58. The van der Waals surface area contributed by atoms with Gasteiger partial charge in [-0.25, -0.2) is 4.79 Å². The van der Waals surface area contributed by atoms with Crippen molar-refractivity contribution in [2.45, 2.75) is 27.2 Å². The monoisotopic (exact) mass is 292 g/mol. The maximum atomic E-state index is 12.0. The number of anilines is 1. The van der Waals surface area contributed by atoms with Crippen molar-refractivity contribution in [2.24, 2.45) is 5.92 Å². The van der Waals surface area contributed by atoms with Crippen molar-refractivity contribution in [2.75, 3.05) is 37.7 Å². The summed E-state index contributed by atoms with van der Waals surface area (Å²) >= 11 is 0. The summed E-state index contributed by atoms with van der Waals surface area (Å²) in [4.78, 5) is 16.0. The minimum atomic E-state index is -0.208. The summed E-state index contributed by atoms with van der Waals surface area (Å²) < 4.78 is 5.30. The summed E-state index contributed by atoms with van der Waals surface area (Å²) in [6.07, 6.45) is 0.701. The SMILES string of the molecule is Cc1ccc(N2CCCN(C(=O)OCC(C)C)CC2)nn1. The average molecular weight is 292 g/mol. The number of hydrogen-bond acceptors (Lipinski definition) is 5. The lowest BCUT2D eigenvalue weighted by Gasteiger charge is -2.22. The van der Waals surface area contributed by atoms with Gasteiger partial charge in [-0.1, -0.05) is 13.8 Å². The van der Waals surface area contributed by atoms with E-state index < -0.39 is 0 Å². The number of nitrogens with zero attached hydrogens (tertiary/aromatic N) is 4. The van der Waals surface area contributed by atoms with E-state index in [0.29, 0.717) is 19.1 Å². The lowest BCUT2D eigenvalue weighted by molar-refractivity contribution is 0.0943. The summed E-state index contributed by atoms with van der Waals surface area (Å²) in [6, 6.07) is 3.94. The van der Waals surface area contributed by atoms with Gasteiger partial charge in [0.05, 0.1) is 12.3 Å². The zero-order valence-electron chi connectivity index (χ0n) is 13.1. The largest absolute Gasteiger partial charge is 0.449 e. The Kier molecular flexibility index (Phi) is 5.36. The number of carbonyl (C=O) groups is 1. The highest BCUT2D eigenvalue weighted by Gasteiger charge is 2.21. The van der Waals surface area contributed by atoms with Gasteiger partial charge >= 0.3 is 6.09 Å². The summed E-state index contributed by atoms with van der Waals surface area (Å²) in [5.41, 5.74) is 0.910. The molecule has 1 fully saturated rings. The molecule has 0 radical (unpaired) electrons. The molecule has 1 saturated heterocycles. The number of carbonyl (C=O) groups excluding carboxylic acids is 1. The van der Waals surface area contributed by atoms with E-state index >= 15 is 0 Å². The summed E-state index contributed by atoms with van der Waals surface area (Å²) in [6.45, 7) is 9.49. The van der Waals surface area contributed by atoms with Crippen LogP contribution in [0.2, 0.25) is 0 Å². The van der Waals surface area contributed by atoms with Gasteiger partial charge in [0.1, 0.15) is 0 Å². The molecule has 2 heterocycles. The van der Waals surface area contributed by atoms with Crippen LogP contribution in [0.15, 0.2) is 12.1 Å². The van der Waals surface area contributed by atoms with E-state index in [1.54, 1.807) is 4.90 Å². The zero-order chi connectivity index (χ0) is 15.2. The minimum Gasteiger partial charge on any atom is -0.449 e. The molecule has 2 rings (SSSR count). The van der Waals surface area contributed by atoms with Crippen LogP contribution in [0.3, 0.4) is 0 Å². The van der Waals surface area contributed by atoms with Crippen molar-refractivity contribution >= 4 is 11.9 Å². The van der Waals surface area contributed by atoms with Crippen LogP contribution in [0.5, 0.6) is 0 Å². The lowest BCUT2D eigenvalue weighted by Crippen LogP contribution is -2.36. The van der Waals surface area contributed by atoms with Gasteiger partial charge in [0.2, 0.25) is 0 Å². The Morgan fingerprint density at radius 3 is 2.71 bits per heavy atom. The van der Waals surface area contributed by atoms with Gasteiger partial charge in [-0.2, -0.15) is 5.10 Å². The first-order chi connectivity index (χ1) is 10.1. The number of rotatable bonds is 3. The molecule has 1 amide bonds. The van der Waals surface area contributed by atoms with Crippen molar-refractivity contribution in [3.63, 3.8) is 0 Å². The maximum Gasteiger partial charge on any atom is 0.409 e. The molecule has 0 N–H and O–H groups in total. The topological polar surface area (TPSA) is 58.6 Å². The Bertz CT molecular complexity index is 461. The van der Waals surface area contributed by atoms with Crippen LogP contribution in [0.25, 0.3) is 0 Å². The molecule has 0 saturated carbocycles. The molecule has 116 valence electrons. The number of aryl methyl sites for hydroxylation is 1. The fraction of sp³-hybridized carbons (Fsp3) is 0.667. The minimum absolute atomic E-state index is 0.208. The quantitative estimate of drug-likeness (QED) is 0.854. The predicted molar refractivity (Wildman–Crippen MR) is 81.4 cm³/mol. The van der Waals surface area contributed by atoms with Crippen LogP contribution in [-0.4, -0.2) is 54.0 Å². The van der Waals surface area contributed by atoms with E-state index in [0.717, 1.165) is 37.6 Å². The van der Waals surface area contributed by atoms with E-state index in [-0.39, 0.29) is 6.09 Å². The molecule has 0 unspecified atom stereocenters. The molecular formula is C15H24N4O2. The number of amides is 1. The molecule has 0 atom stereocenters. The maximum absolute atomic E-state index is 12.0. The molecule has 0 spiro atoms. The van der Waals surface area contributed by atoms with E-state index in [4.69, 9.17) is 4.74 Å². The summed E-state index contributed by atoms with van der Waals surface area (Å²) in [7, 11) is 0. The van der Waals surface area contributed by atoms with Crippen LogP contribution < -0.4 is 4.90 Å². The number of ether oxygens (including phenoxy) is 1. The van der Waals surface area contributed by atoms with Crippen molar-refractivity contribution in [1.29, 1.82) is 0 Å². The predicted octanol–water partition coefficient (Wildman–Crippen LogP) is 2.09. The van der Waals surface area contributed by atoms with Crippen LogP contribution in [-0.2, 0) is 4.74 Å². The molecule has 1 aromatic rings. The first-order valence-electron chi connectivity index (χ1n) is 7.53. The molecule has 1 aliphatic heterocycles. The van der Waals surface area contributed by atoms with Gasteiger partial charge in [-0.3, -0.25) is 0 Å². The van der Waals surface area contributed by atoms with E-state index in [1.165, 1.54) is 0 Å². The fourth-order valence-electron chi connectivity index (χ4n) is 2.22. The molecule has 21 heavy (non-hydrogen) atoms. The first kappa shape index (κ1) is 15.5. The van der Waals surface area contributed by atoms with Gasteiger partial charge < -0.3 is 14.5 Å². The van der Waals surface area contributed by atoms with Crippen molar-refractivity contribution < 1.29 is 9.53 Å². The van der Waals surface area contributed by atoms with Crippen LogP contribution in [0, 0.1) is 12.8 Å². The van der Waals surface area contributed by atoms with Crippen molar-refractivity contribution in [3.8, 4) is 0 Å². The normalized spacial score (nSPS) is 16.0. The van der Waals surface area contributed by atoms with Crippen LogP contribution in [0.4, 0.5) is 10.6 Å². The lowest BCUT2D eigenvalue weighted by atomic mass is 10.2. The number of aromatic nitrogens is 2. The highest BCUT2D eigenvalue weighted by Crippen LogP contribution is 2.13. The van der Waals surface area contributed by atoms with Gasteiger partial charge in [-0.05, 0) is 31.4 Å². The Hall–Kier alpha value is -1.85. The van der Waals surface area contributed by atoms with Gasteiger partial charge in [0.15, 0.2) is 5.82 Å².